The Bertz CT molecular complexity index is 1820. The summed E-state index contributed by atoms with van der Waals surface area (Å²) in [6.07, 6.45) is -1.85. The summed E-state index contributed by atoms with van der Waals surface area (Å²) >= 11 is 1.16. The number of carbonyl (C=O) groups excluding carboxylic acids is 2. The summed E-state index contributed by atoms with van der Waals surface area (Å²) in [4.78, 5) is 35.3. The summed E-state index contributed by atoms with van der Waals surface area (Å²) < 4.78 is 48.0. The van der Waals surface area contributed by atoms with Crippen LogP contribution >= 0.6 is 11.8 Å². The third-order valence-electron chi connectivity index (χ3n) is 6.78. The number of aliphatic imine (C=N–C) groups is 1. The second kappa shape index (κ2) is 13.4. The number of nitrogens with zero attached hydrogens (tertiary/aromatic N) is 6. The van der Waals surface area contributed by atoms with Crippen molar-refractivity contribution in [3.63, 3.8) is 0 Å². The van der Waals surface area contributed by atoms with Crippen LogP contribution in [0.5, 0.6) is 11.5 Å². The van der Waals surface area contributed by atoms with Crippen molar-refractivity contribution >= 4 is 40.8 Å². The maximum absolute atomic E-state index is 12.8. The van der Waals surface area contributed by atoms with Crippen molar-refractivity contribution < 1.29 is 32.2 Å². The van der Waals surface area contributed by atoms with Crippen molar-refractivity contribution in [1.82, 2.24) is 20.2 Å². The molecule has 11 nitrogen and oxygen atoms in total. The molecule has 3 amide bonds. The molecule has 238 valence electrons. The number of carbonyl (C=O) groups is 2. The molecule has 1 fully saturated rings. The Hall–Kier alpha value is -5.18. The van der Waals surface area contributed by atoms with Crippen LogP contribution in [0.1, 0.15) is 36.5 Å². The molecule has 3 aromatic carbocycles. The zero-order valence-electron chi connectivity index (χ0n) is 25.1. The van der Waals surface area contributed by atoms with E-state index in [4.69, 9.17) is 4.74 Å². The van der Waals surface area contributed by atoms with Gasteiger partial charge >= 0.3 is 12.4 Å². The van der Waals surface area contributed by atoms with Crippen molar-refractivity contribution in [2.45, 2.75) is 33.1 Å². The number of hydrazone groups is 1. The fourth-order valence-electron chi connectivity index (χ4n) is 4.56. The molecule has 46 heavy (non-hydrogen) atoms. The van der Waals surface area contributed by atoms with E-state index in [0.29, 0.717) is 34.1 Å². The highest BCUT2D eigenvalue weighted by Gasteiger charge is 2.33. The lowest BCUT2D eigenvalue weighted by atomic mass is 10.00. The number of anilines is 1. The van der Waals surface area contributed by atoms with Crippen molar-refractivity contribution in [2.24, 2.45) is 10.1 Å². The second-order valence-electron chi connectivity index (χ2n) is 10.3. The SMILES string of the molecule is COc1ccc(C(C)C)c(N2C(=O)CS/C2=N\C(=O)N/N=C/c2ccc(-c3ncn(-c4ccc(OC(F)(F)F)cc4)n3)cc2C)c1. The topological polar surface area (TPSA) is 123 Å². The average Bonchev–Trinajstić information content (AvgIpc) is 3.64. The maximum atomic E-state index is 12.8. The third-order valence-corrected chi connectivity index (χ3v) is 7.71. The van der Waals surface area contributed by atoms with Gasteiger partial charge < -0.3 is 9.47 Å². The minimum absolute atomic E-state index is 0.114. The number of alkyl halides is 3. The van der Waals surface area contributed by atoms with E-state index in [1.807, 2.05) is 39.0 Å². The first-order chi connectivity index (χ1) is 21.9. The van der Waals surface area contributed by atoms with Gasteiger partial charge in [-0.3, -0.25) is 9.69 Å². The van der Waals surface area contributed by atoms with Gasteiger partial charge in [0.25, 0.3) is 0 Å². The number of amidine groups is 1. The fraction of sp³-hybridized carbons (Fsp3) is 0.226. The summed E-state index contributed by atoms with van der Waals surface area (Å²) in [5.41, 5.74) is 6.63. The van der Waals surface area contributed by atoms with Crippen LogP contribution in [0.15, 0.2) is 77.1 Å². The normalized spacial score (nSPS) is 14.5. The Morgan fingerprint density at radius 3 is 2.50 bits per heavy atom. The van der Waals surface area contributed by atoms with Gasteiger partial charge in [0.2, 0.25) is 5.91 Å². The summed E-state index contributed by atoms with van der Waals surface area (Å²) in [6.45, 7) is 5.87. The van der Waals surface area contributed by atoms with Crippen molar-refractivity contribution in [1.29, 1.82) is 0 Å². The van der Waals surface area contributed by atoms with Crippen LogP contribution in [0, 0.1) is 6.92 Å². The summed E-state index contributed by atoms with van der Waals surface area (Å²) in [7, 11) is 1.54. The Balaban J connectivity index is 1.25. The first-order valence-corrected chi connectivity index (χ1v) is 14.8. The van der Waals surface area contributed by atoms with Gasteiger partial charge in [-0.1, -0.05) is 43.8 Å². The van der Waals surface area contributed by atoms with E-state index in [1.54, 1.807) is 25.3 Å². The smallest absolute Gasteiger partial charge is 0.497 e. The minimum atomic E-state index is -4.77. The number of amides is 3. The van der Waals surface area contributed by atoms with Gasteiger partial charge in [0.1, 0.15) is 17.8 Å². The standard InChI is InChI=1S/C31H28F3N7O4S/c1-18(2)25-12-11-24(44-4)14-26(25)41-27(42)16-46-30(41)37-29(43)38-36-15-21-6-5-20(13-19(21)3)28-35-17-40(39-28)22-7-9-23(10-8-22)45-31(32,33)34/h5-15,17-18H,16H2,1-4H3,(H,38,43)/b36-15+,37-30-. The van der Waals surface area contributed by atoms with Crippen LogP contribution in [-0.4, -0.2) is 57.3 Å². The highest BCUT2D eigenvalue weighted by Crippen LogP contribution is 2.36. The van der Waals surface area contributed by atoms with Crippen molar-refractivity contribution in [2.75, 3.05) is 17.8 Å². The molecule has 1 aliphatic heterocycles. The third kappa shape index (κ3) is 7.54. The van der Waals surface area contributed by atoms with E-state index in [2.05, 4.69) is 30.3 Å². The average molecular weight is 652 g/mol. The predicted octanol–water partition coefficient (Wildman–Crippen LogP) is 6.45. The number of aryl methyl sites for hydroxylation is 1. The summed E-state index contributed by atoms with van der Waals surface area (Å²) in [5, 5.41) is 8.69. The fourth-order valence-corrected chi connectivity index (χ4v) is 5.42. The van der Waals surface area contributed by atoms with Crippen LogP contribution in [-0.2, 0) is 4.79 Å². The molecular formula is C31H28F3N7O4S. The number of rotatable bonds is 8. The number of aromatic nitrogens is 3. The summed E-state index contributed by atoms with van der Waals surface area (Å²) in [6, 6.07) is 15.4. The van der Waals surface area contributed by atoms with Gasteiger partial charge in [0.15, 0.2) is 11.0 Å². The monoisotopic (exact) mass is 651 g/mol. The van der Waals surface area contributed by atoms with Gasteiger partial charge in [-0.25, -0.2) is 19.9 Å². The van der Waals surface area contributed by atoms with Crippen LogP contribution in [0.3, 0.4) is 0 Å². The number of halogens is 3. The van der Waals surface area contributed by atoms with Crippen LogP contribution in [0.4, 0.5) is 23.7 Å². The number of methoxy groups -OCH3 is 1. The lowest BCUT2D eigenvalue weighted by molar-refractivity contribution is -0.274. The molecule has 15 heteroatoms. The molecular weight excluding hydrogens is 623 g/mol. The number of benzene rings is 3. The van der Waals surface area contributed by atoms with Gasteiger partial charge in [-0.2, -0.15) is 10.1 Å². The molecule has 2 heterocycles. The van der Waals surface area contributed by atoms with Gasteiger partial charge in [-0.05, 0) is 65.9 Å². The number of urea groups is 1. The Kier molecular flexibility index (Phi) is 9.41. The molecule has 0 atom stereocenters. The molecule has 1 saturated heterocycles. The highest BCUT2D eigenvalue weighted by molar-refractivity contribution is 8.15. The summed E-state index contributed by atoms with van der Waals surface area (Å²) in [5.74, 6) is 0.705. The first-order valence-electron chi connectivity index (χ1n) is 13.9. The Labute approximate surface area is 266 Å². The minimum Gasteiger partial charge on any atom is -0.497 e. The molecule has 4 aromatic rings. The maximum Gasteiger partial charge on any atom is 0.573 e. The van der Waals surface area contributed by atoms with Gasteiger partial charge in [-0.15, -0.1) is 18.3 Å². The molecule has 0 unspecified atom stereocenters. The molecule has 1 aliphatic rings. The largest absolute Gasteiger partial charge is 0.573 e. The zero-order chi connectivity index (χ0) is 33.0. The van der Waals surface area contributed by atoms with E-state index in [-0.39, 0.29) is 28.5 Å². The second-order valence-corrected chi connectivity index (χ2v) is 11.2. The molecule has 0 bridgehead atoms. The van der Waals surface area contributed by atoms with Crippen molar-refractivity contribution in [3.05, 3.63) is 83.7 Å². The van der Waals surface area contributed by atoms with E-state index in [9.17, 15) is 22.8 Å². The first kappa shape index (κ1) is 32.2. The molecule has 1 N–H and O–H groups in total. The predicted molar refractivity (Wildman–Crippen MR) is 169 cm³/mol. The molecule has 1 aromatic heterocycles. The van der Waals surface area contributed by atoms with E-state index in [1.165, 1.54) is 46.4 Å². The number of nitrogens with one attached hydrogen (secondary N) is 1. The van der Waals surface area contributed by atoms with Crippen LogP contribution < -0.4 is 19.8 Å². The zero-order valence-corrected chi connectivity index (χ0v) is 25.9. The number of hydrogen-bond acceptors (Lipinski definition) is 8. The van der Waals surface area contributed by atoms with E-state index >= 15 is 0 Å². The van der Waals surface area contributed by atoms with E-state index < -0.39 is 12.4 Å². The number of hydrogen-bond donors (Lipinski definition) is 1. The molecule has 5 rings (SSSR count). The molecule has 0 radical (unpaired) electrons. The lowest BCUT2D eigenvalue weighted by Crippen LogP contribution is -2.31. The van der Waals surface area contributed by atoms with Gasteiger partial charge in [0, 0.05) is 11.6 Å². The Morgan fingerprint density at radius 1 is 1.09 bits per heavy atom. The number of ether oxygens (including phenoxy) is 2. The van der Waals surface area contributed by atoms with Gasteiger partial charge in [0.05, 0.1) is 30.5 Å². The Morgan fingerprint density at radius 2 is 1.83 bits per heavy atom. The quantitative estimate of drug-likeness (QED) is 0.172. The molecule has 0 spiro atoms. The number of thioether (sulfide) groups is 1. The van der Waals surface area contributed by atoms with Crippen molar-refractivity contribution in [3.8, 4) is 28.6 Å². The highest BCUT2D eigenvalue weighted by atomic mass is 32.2. The molecule has 0 aliphatic carbocycles. The van der Waals surface area contributed by atoms with Crippen LogP contribution in [0.25, 0.3) is 17.1 Å². The molecule has 0 saturated carbocycles. The van der Waals surface area contributed by atoms with E-state index in [0.717, 1.165) is 22.9 Å². The lowest BCUT2D eigenvalue weighted by Gasteiger charge is -2.22. The van der Waals surface area contributed by atoms with Crippen LogP contribution in [0.2, 0.25) is 0 Å².